The van der Waals surface area contributed by atoms with E-state index in [0.29, 0.717) is 16.5 Å². The van der Waals surface area contributed by atoms with Crippen LogP contribution < -0.4 is 14.5 Å². The monoisotopic (exact) mass is 463 g/mol. The highest BCUT2D eigenvalue weighted by Crippen LogP contribution is 2.26. The molecule has 0 unspecified atom stereocenters. The van der Waals surface area contributed by atoms with Crippen LogP contribution in [0.5, 0.6) is 5.75 Å². The Kier molecular flexibility index (Phi) is 7.92. The summed E-state index contributed by atoms with van der Waals surface area (Å²) in [6.07, 6.45) is 6.14. The predicted molar refractivity (Wildman–Crippen MR) is 122 cm³/mol. The van der Waals surface area contributed by atoms with Gasteiger partial charge in [0.05, 0.1) is 17.7 Å². The van der Waals surface area contributed by atoms with Crippen LogP contribution in [-0.4, -0.2) is 33.7 Å². The molecule has 7 nitrogen and oxygen atoms in total. The molecule has 1 aliphatic carbocycles. The first-order valence-corrected chi connectivity index (χ1v) is 12.0. The Balaban J connectivity index is 1.84. The van der Waals surface area contributed by atoms with Gasteiger partial charge in [-0.05, 0) is 74.2 Å². The van der Waals surface area contributed by atoms with E-state index in [0.717, 1.165) is 48.5 Å². The van der Waals surface area contributed by atoms with Crippen LogP contribution in [0.1, 0.15) is 38.5 Å². The Labute approximate surface area is 188 Å². The number of amides is 1. The number of rotatable bonds is 7. The Bertz CT molecular complexity index is 1010. The molecular formula is C22H26ClN3O4S. The van der Waals surface area contributed by atoms with Crippen molar-refractivity contribution < 1.29 is 17.9 Å². The summed E-state index contributed by atoms with van der Waals surface area (Å²) in [5.74, 6) is 0.0257. The molecule has 0 spiro atoms. The number of halogens is 1. The van der Waals surface area contributed by atoms with E-state index in [2.05, 4.69) is 10.5 Å². The summed E-state index contributed by atoms with van der Waals surface area (Å²) >= 11 is 5.96. The van der Waals surface area contributed by atoms with Crippen LogP contribution in [0, 0.1) is 0 Å². The van der Waals surface area contributed by atoms with Crippen molar-refractivity contribution in [3.05, 3.63) is 53.6 Å². The van der Waals surface area contributed by atoms with Gasteiger partial charge in [-0.2, -0.15) is 5.10 Å². The standard InChI is InChI=1S/C22H26ClN3O4S/c1-30-20-12-14-21(15-13-20)31(28,29)26(19-10-8-17(23)9-11-19)16-22(27)25-24-18-6-4-2-3-5-7-18/h8-15H,2-7,16H2,1H3,(H,25,27). The summed E-state index contributed by atoms with van der Waals surface area (Å²) in [7, 11) is -2.51. The molecule has 1 fully saturated rings. The molecule has 0 heterocycles. The number of anilines is 1. The minimum atomic E-state index is -4.01. The molecule has 1 saturated carbocycles. The number of ether oxygens (including phenoxy) is 1. The van der Waals surface area contributed by atoms with E-state index in [9.17, 15) is 13.2 Å². The number of sulfonamides is 1. The lowest BCUT2D eigenvalue weighted by atomic mass is 10.2. The SMILES string of the molecule is COc1ccc(S(=O)(=O)N(CC(=O)NN=C2CCCCCC2)c2ccc(Cl)cc2)cc1. The third-order valence-electron chi connectivity index (χ3n) is 5.07. The molecule has 0 aliphatic heterocycles. The Morgan fingerprint density at radius 2 is 1.65 bits per heavy atom. The van der Waals surface area contributed by atoms with E-state index < -0.39 is 22.5 Å². The molecule has 0 aromatic heterocycles. The largest absolute Gasteiger partial charge is 0.497 e. The summed E-state index contributed by atoms with van der Waals surface area (Å²) in [5, 5.41) is 4.71. The maximum Gasteiger partial charge on any atom is 0.264 e. The van der Waals surface area contributed by atoms with E-state index in [1.165, 1.54) is 19.2 Å². The number of hydrazone groups is 1. The summed E-state index contributed by atoms with van der Waals surface area (Å²) in [6.45, 7) is -0.410. The maximum atomic E-state index is 13.3. The fourth-order valence-electron chi connectivity index (χ4n) is 3.35. The second-order valence-corrected chi connectivity index (χ2v) is 9.59. The summed E-state index contributed by atoms with van der Waals surface area (Å²) in [6, 6.07) is 12.3. The second-order valence-electron chi connectivity index (χ2n) is 7.29. The normalized spacial score (nSPS) is 14.5. The van der Waals surface area contributed by atoms with Gasteiger partial charge in [-0.25, -0.2) is 13.8 Å². The van der Waals surface area contributed by atoms with Gasteiger partial charge in [-0.3, -0.25) is 9.10 Å². The van der Waals surface area contributed by atoms with E-state index in [1.807, 2.05) is 0 Å². The highest BCUT2D eigenvalue weighted by Gasteiger charge is 2.27. The summed E-state index contributed by atoms with van der Waals surface area (Å²) in [5.41, 5.74) is 3.81. The third kappa shape index (κ3) is 6.21. The molecule has 2 aromatic rings. The Hall–Kier alpha value is -2.58. The number of hydrogen-bond donors (Lipinski definition) is 1. The van der Waals surface area contributed by atoms with Crippen LogP contribution in [0.25, 0.3) is 0 Å². The first-order chi connectivity index (χ1) is 14.9. The summed E-state index contributed by atoms with van der Waals surface area (Å²) < 4.78 is 32.8. The van der Waals surface area contributed by atoms with Crippen molar-refractivity contribution in [3.63, 3.8) is 0 Å². The fourth-order valence-corrected chi connectivity index (χ4v) is 4.90. The van der Waals surface area contributed by atoms with E-state index in [-0.39, 0.29) is 4.90 Å². The molecule has 31 heavy (non-hydrogen) atoms. The Morgan fingerprint density at radius 1 is 1.03 bits per heavy atom. The highest BCUT2D eigenvalue weighted by molar-refractivity contribution is 7.92. The first-order valence-electron chi connectivity index (χ1n) is 10.2. The molecule has 1 N–H and O–H groups in total. The lowest BCUT2D eigenvalue weighted by Gasteiger charge is -2.24. The van der Waals surface area contributed by atoms with Crippen LogP contribution in [0.2, 0.25) is 5.02 Å². The molecule has 0 radical (unpaired) electrons. The summed E-state index contributed by atoms with van der Waals surface area (Å²) in [4.78, 5) is 12.7. The number of carbonyl (C=O) groups excluding carboxylic acids is 1. The van der Waals surface area contributed by atoms with E-state index >= 15 is 0 Å². The van der Waals surface area contributed by atoms with Gasteiger partial charge in [0, 0.05) is 10.7 Å². The quantitative estimate of drug-likeness (QED) is 0.487. The third-order valence-corrected chi connectivity index (χ3v) is 7.11. The molecule has 0 atom stereocenters. The number of hydrogen-bond acceptors (Lipinski definition) is 5. The molecule has 3 rings (SSSR count). The zero-order valence-corrected chi connectivity index (χ0v) is 19.0. The maximum absolute atomic E-state index is 13.3. The van der Waals surface area contributed by atoms with Crippen LogP contribution in [-0.2, 0) is 14.8 Å². The van der Waals surface area contributed by atoms with Gasteiger partial charge < -0.3 is 4.74 Å². The van der Waals surface area contributed by atoms with Gasteiger partial charge in [0.25, 0.3) is 15.9 Å². The average molecular weight is 464 g/mol. The molecule has 1 amide bonds. The van der Waals surface area contributed by atoms with Crippen molar-refractivity contribution in [2.24, 2.45) is 5.10 Å². The number of nitrogens with one attached hydrogen (secondary N) is 1. The first kappa shape index (κ1) is 23.1. The predicted octanol–water partition coefficient (Wildman–Crippen LogP) is 4.37. The van der Waals surface area contributed by atoms with Gasteiger partial charge in [-0.15, -0.1) is 0 Å². The lowest BCUT2D eigenvalue weighted by molar-refractivity contribution is -0.119. The molecular weight excluding hydrogens is 438 g/mol. The van der Waals surface area contributed by atoms with Crippen LogP contribution in [0.15, 0.2) is 58.5 Å². The van der Waals surface area contributed by atoms with Crippen LogP contribution in [0.3, 0.4) is 0 Å². The van der Waals surface area contributed by atoms with Gasteiger partial charge in [-0.1, -0.05) is 24.4 Å². The van der Waals surface area contributed by atoms with Gasteiger partial charge in [0.2, 0.25) is 0 Å². The fraction of sp³-hybridized carbons (Fsp3) is 0.364. The van der Waals surface area contributed by atoms with Crippen LogP contribution >= 0.6 is 11.6 Å². The zero-order chi connectivity index (χ0) is 22.3. The van der Waals surface area contributed by atoms with Crippen molar-refractivity contribution in [2.45, 2.75) is 43.4 Å². The van der Waals surface area contributed by atoms with Gasteiger partial charge in [0.1, 0.15) is 12.3 Å². The number of benzene rings is 2. The minimum Gasteiger partial charge on any atom is -0.497 e. The van der Waals surface area contributed by atoms with Gasteiger partial charge >= 0.3 is 0 Å². The average Bonchev–Trinajstić information content (AvgIpc) is 3.05. The van der Waals surface area contributed by atoms with Gasteiger partial charge in [0.15, 0.2) is 0 Å². The number of carbonyl (C=O) groups is 1. The lowest BCUT2D eigenvalue weighted by Crippen LogP contribution is -2.39. The van der Waals surface area contributed by atoms with E-state index in [4.69, 9.17) is 16.3 Å². The van der Waals surface area contributed by atoms with Crippen molar-refractivity contribution in [2.75, 3.05) is 18.0 Å². The molecule has 166 valence electrons. The van der Waals surface area contributed by atoms with Crippen molar-refractivity contribution in [3.8, 4) is 5.75 Å². The molecule has 9 heteroatoms. The smallest absolute Gasteiger partial charge is 0.264 e. The molecule has 0 saturated heterocycles. The number of methoxy groups -OCH3 is 1. The number of nitrogens with zero attached hydrogens (tertiary/aromatic N) is 2. The molecule has 2 aromatic carbocycles. The topological polar surface area (TPSA) is 88.1 Å². The molecule has 1 aliphatic rings. The highest BCUT2D eigenvalue weighted by atomic mass is 35.5. The minimum absolute atomic E-state index is 0.0473. The van der Waals surface area contributed by atoms with Crippen molar-refractivity contribution in [1.82, 2.24) is 5.43 Å². The van der Waals surface area contributed by atoms with Crippen molar-refractivity contribution >= 4 is 38.9 Å². The van der Waals surface area contributed by atoms with Crippen molar-refractivity contribution in [1.29, 1.82) is 0 Å². The zero-order valence-electron chi connectivity index (χ0n) is 17.4. The van der Waals surface area contributed by atoms with E-state index in [1.54, 1.807) is 36.4 Å². The Morgan fingerprint density at radius 3 is 2.23 bits per heavy atom. The molecule has 0 bridgehead atoms. The van der Waals surface area contributed by atoms with Crippen LogP contribution in [0.4, 0.5) is 5.69 Å². The second kappa shape index (κ2) is 10.6.